The maximum Gasteiger partial charge on any atom is 0.315 e. The van der Waals surface area contributed by atoms with Gasteiger partial charge in [0, 0.05) is 38.4 Å². The van der Waals surface area contributed by atoms with Crippen LogP contribution < -0.4 is 16.0 Å². The van der Waals surface area contributed by atoms with E-state index in [-0.39, 0.29) is 31.8 Å². The summed E-state index contributed by atoms with van der Waals surface area (Å²) in [7, 11) is 0. The van der Waals surface area contributed by atoms with Gasteiger partial charge < -0.3 is 25.4 Å². The number of benzene rings is 2. The molecule has 1 fully saturated rings. The molecule has 1 atom stereocenters. The Kier molecular flexibility index (Phi) is 9.96. The van der Waals surface area contributed by atoms with Crippen molar-refractivity contribution in [3.63, 3.8) is 0 Å². The van der Waals surface area contributed by atoms with Crippen molar-refractivity contribution in [1.82, 2.24) is 15.5 Å². The van der Waals surface area contributed by atoms with Crippen molar-refractivity contribution in [3.05, 3.63) is 63.6 Å². The first-order valence-electron chi connectivity index (χ1n) is 10.7. The van der Waals surface area contributed by atoms with Gasteiger partial charge in [0.1, 0.15) is 0 Å². The van der Waals surface area contributed by atoms with Crippen LogP contribution in [0.25, 0.3) is 0 Å². The molecule has 0 aromatic heterocycles. The summed E-state index contributed by atoms with van der Waals surface area (Å²) in [5, 5.41) is 9.29. The highest BCUT2D eigenvalue weighted by atomic mass is 35.5. The molecule has 0 bridgehead atoms. The fourth-order valence-electron chi connectivity index (χ4n) is 3.46. The summed E-state index contributed by atoms with van der Waals surface area (Å²) >= 11 is 12.1. The lowest BCUT2D eigenvalue weighted by atomic mass is 10.2. The molecular weight excluding hydrogens is 483 g/mol. The second kappa shape index (κ2) is 13.1. The van der Waals surface area contributed by atoms with E-state index in [1.54, 1.807) is 24.3 Å². The van der Waals surface area contributed by atoms with E-state index in [0.717, 1.165) is 24.2 Å². The Labute approximate surface area is 207 Å². The van der Waals surface area contributed by atoms with Crippen LogP contribution in [0.3, 0.4) is 0 Å². The van der Waals surface area contributed by atoms with Crippen molar-refractivity contribution < 1.29 is 23.9 Å². The van der Waals surface area contributed by atoms with Gasteiger partial charge in [-0.1, -0.05) is 41.4 Å². The number of rotatable bonds is 10. The fourth-order valence-corrected chi connectivity index (χ4v) is 3.78. The number of carbonyl (C=O) groups excluding carboxylic acids is 3. The SMILES string of the molecule is O=COCC(=O)Nc1cccc(CNC(=O)NCC2CN(Cc3ccc(Cl)c(Cl)c3)CCO2)c1. The summed E-state index contributed by atoms with van der Waals surface area (Å²) in [4.78, 5) is 36.3. The number of hydrogen-bond donors (Lipinski definition) is 3. The first-order chi connectivity index (χ1) is 16.4. The van der Waals surface area contributed by atoms with Gasteiger partial charge in [0.2, 0.25) is 0 Å². The Morgan fingerprint density at radius 3 is 2.76 bits per heavy atom. The van der Waals surface area contributed by atoms with E-state index in [1.807, 2.05) is 18.2 Å². The molecule has 1 saturated heterocycles. The van der Waals surface area contributed by atoms with Gasteiger partial charge in [0.05, 0.1) is 22.8 Å². The number of amides is 3. The van der Waals surface area contributed by atoms with Gasteiger partial charge in [0.25, 0.3) is 12.4 Å². The molecule has 0 spiro atoms. The largest absolute Gasteiger partial charge is 0.458 e. The summed E-state index contributed by atoms with van der Waals surface area (Å²) in [5.74, 6) is -0.448. The molecule has 2 aromatic rings. The van der Waals surface area contributed by atoms with Crippen LogP contribution in [0.2, 0.25) is 10.0 Å². The zero-order chi connectivity index (χ0) is 24.3. The quantitative estimate of drug-likeness (QED) is 0.425. The number of halogens is 2. The molecule has 1 heterocycles. The molecule has 3 amide bonds. The highest BCUT2D eigenvalue weighted by molar-refractivity contribution is 6.42. The summed E-state index contributed by atoms with van der Waals surface area (Å²) in [5.41, 5.74) is 2.40. The van der Waals surface area contributed by atoms with Gasteiger partial charge >= 0.3 is 6.03 Å². The van der Waals surface area contributed by atoms with Crippen LogP contribution in [0.1, 0.15) is 11.1 Å². The van der Waals surface area contributed by atoms with E-state index in [4.69, 9.17) is 27.9 Å². The van der Waals surface area contributed by atoms with Crippen molar-refractivity contribution in [1.29, 1.82) is 0 Å². The van der Waals surface area contributed by atoms with E-state index in [9.17, 15) is 14.4 Å². The second-order valence-electron chi connectivity index (χ2n) is 7.70. The van der Waals surface area contributed by atoms with Gasteiger partial charge in [-0.05, 0) is 35.4 Å². The molecule has 182 valence electrons. The Morgan fingerprint density at radius 1 is 1.12 bits per heavy atom. The predicted molar refractivity (Wildman–Crippen MR) is 129 cm³/mol. The molecule has 1 aliphatic rings. The molecule has 1 aliphatic heterocycles. The van der Waals surface area contributed by atoms with Gasteiger partial charge in [-0.3, -0.25) is 14.5 Å². The average Bonchev–Trinajstić information content (AvgIpc) is 2.83. The molecule has 3 rings (SSSR count). The predicted octanol–water partition coefficient (Wildman–Crippen LogP) is 2.81. The fraction of sp³-hybridized carbons (Fsp3) is 0.348. The molecule has 0 saturated carbocycles. The van der Waals surface area contributed by atoms with Crippen LogP contribution in [-0.4, -0.2) is 62.3 Å². The average molecular weight is 509 g/mol. The lowest BCUT2D eigenvalue weighted by Gasteiger charge is -2.33. The van der Waals surface area contributed by atoms with Crippen LogP contribution in [0.4, 0.5) is 10.5 Å². The lowest BCUT2D eigenvalue weighted by Crippen LogP contribution is -2.48. The third kappa shape index (κ3) is 8.49. The second-order valence-corrected chi connectivity index (χ2v) is 8.51. The van der Waals surface area contributed by atoms with E-state index in [1.165, 1.54) is 0 Å². The molecule has 0 aliphatic carbocycles. The number of nitrogens with one attached hydrogen (secondary N) is 3. The lowest BCUT2D eigenvalue weighted by molar-refractivity contribution is -0.135. The molecule has 0 radical (unpaired) electrons. The topological polar surface area (TPSA) is 109 Å². The smallest absolute Gasteiger partial charge is 0.315 e. The minimum Gasteiger partial charge on any atom is -0.458 e. The summed E-state index contributed by atoms with van der Waals surface area (Å²) in [6, 6.07) is 12.3. The number of carbonyl (C=O) groups is 3. The Morgan fingerprint density at radius 2 is 1.97 bits per heavy atom. The number of anilines is 1. The number of urea groups is 1. The Balaban J connectivity index is 1.40. The minimum atomic E-state index is -0.448. The van der Waals surface area contributed by atoms with Crippen LogP contribution in [0, 0.1) is 0 Å². The van der Waals surface area contributed by atoms with Crippen molar-refractivity contribution in [2.45, 2.75) is 19.2 Å². The van der Waals surface area contributed by atoms with Crippen LogP contribution in [0.15, 0.2) is 42.5 Å². The van der Waals surface area contributed by atoms with Crippen LogP contribution in [-0.2, 0) is 32.2 Å². The van der Waals surface area contributed by atoms with Crippen molar-refractivity contribution in [3.8, 4) is 0 Å². The third-order valence-corrected chi connectivity index (χ3v) is 5.79. The molecule has 3 N–H and O–H groups in total. The van der Waals surface area contributed by atoms with Crippen molar-refractivity contribution >= 4 is 47.3 Å². The summed E-state index contributed by atoms with van der Waals surface area (Å²) in [6.07, 6.45) is -0.130. The van der Waals surface area contributed by atoms with E-state index >= 15 is 0 Å². The molecule has 11 heteroatoms. The highest BCUT2D eigenvalue weighted by Crippen LogP contribution is 2.23. The normalized spacial score (nSPS) is 15.9. The Hall–Kier alpha value is -2.85. The zero-order valence-corrected chi connectivity index (χ0v) is 19.9. The maximum atomic E-state index is 12.2. The number of ether oxygens (including phenoxy) is 2. The molecule has 34 heavy (non-hydrogen) atoms. The highest BCUT2D eigenvalue weighted by Gasteiger charge is 2.21. The van der Waals surface area contributed by atoms with Crippen LogP contribution in [0.5, 0.6) is 0 Å². The van der Waals surface area contributed by atoms with Gasteiger partial charge in [-0.25, -0.2) is 4.79 Å². The number of morpholine rings is 1. The standard InChI is InChI=1S/C23H26Cl2N4O5/c24-20-5-4-17(9-21(20)25)12-29-6-7-34-19(13-29)11-27-23(32)26-10-16-2-1-3-18(8-16)28-22(31)14-33-15-30/h1-5,8-9,15,19H,6-7,10-14H2,(H,28,31)(H2,26,27,32). The molecule has 1 unspecified atom stereocenters. The van der Waals surface area contributed by atoms with Gasteiger partial charge in [0.15, 0.2) is 6.61 Å². The third-order valence-electron chi connectivity index (χ3n) is 5.05. The van der Waals surface area contributed by atoms with E-state index in [2.05, 4.69) is 25.6 Å². The first kappa shape index (κ1) is 25.8. The van der Waals surface area contributed by atoms with E-state index < -0.39 is 5.91 Å². The minimum absolute atomic E-state index is 0.130. The van der Waals surface area contributed by atoms with E-state index in [0.29, 0.717) is 35.4 Å². The van der Waals surface area contributed by atoms with Crippen molar-refractivity contribution in [2.24, 2.45) is 0 Å². The van der Waals surface area contributed by atoms with Gasteiger partial charge in [-0.2, -0.15) is 0 Å². The maximum absolute atomic E-state index is 12.2. The molecule has 9 nitrogen and oxygen atoms in total. The number of nitrogens with zero attached hydrogens (tertiary/aromatic N) is 1. The molecular formula is C23H26Cl2N4O5. The Bertz CT molecular complexity index is 1010. The zero-order valence-electron chi connectivity index (χ0n) is 18.4. The summed E-state index contributed by atoms with van der Waals surface area (Å²) in [6.45, 7) is 3.26. The summed E-state index contributed by atoms with van der Waals surface area (Å²) < 4.78 is 10.2. The van der Waals surface area contributed by atoms with Crippen molar-refractivity contribution in [2.75, 3.05) is 38.2 Å². The van der Waals surface area contributed by atoms with Crippen LogP contribution >= 0.6 is 23.2 Å². The molecule has 2 aromatic carbocycles. The number of hydrogen-bond acceptors (Lipinski definition) is 6. The monoisotopic (exact) mass is 508 g/mol. The van der Waals surface area contributed by atoms with Gasteiger partial charge in [-0.15, -0.1) is 0 Å². The first-order valence-corrected chi connectivity index (χ1v) is 11.4.